The highest BCUT2D eigenvalue weighted by molar-refractivity contribution is 7.86. The van der Waals surface area contributed by atoms with E-state index in [4.69, 9.17) is 9.11 Å². The molecule has 1 unspecified atom stereocenters. The summed E-state index contributed by atoms with van der Waals surface area (Å²) < 4.78 is 61.1. The molecule has 0 spiro atoms. The minimum atomic E-state index is -3.92. The average Bonchev–Trinajstić information content (AvgIpc) is 2.80. The van der Waals surface area contributed by atoms with Crippen molar-refractivity contribution >= 4 is 25.9 Å². The lowest BCUT2D eigenvalue weighted by atomic mass is 9.80. The maximum Gasteiger partial charge on any atom is 0.264 e. The van der Waals surface area contributed by atoms with Gasteiger partial charge in [-0.1, -0.05) is 31.5 Å². The van der Waals surface area contributed by atoms with E-state index in [1.165, 1.54) is 5.56 Å². The Balaban J connectivity index is 1.97. The zero-order valence-corrected chi connectivity index (χ0v) is 16.6. The Labute approximate surface area is 155 Å². The number of hydrogen-bond donors (Lipinski definition) is 2. The van der Waals surface area contributed by atoms with Gasteiger partial charge in [-0.3, -0.25) is 9.11 Å². The summed E-state index contributed by atoms with van der Waals surface area (Å²) in [6, 6.07) is 8.07. The van der Waals surface area contributed by atoms with Gasteiger partial charge in [0, 0.05) is 24.2 Å². The Hall–Kier alpha value is -1.16. The van der Waals surface area contributed by atoms with Crippen LogP contribution in [0.5, 0.6) is 0 Å². The second kappa shape index (κ2) is 8.24. The molecule has 1 aromatic rings. The first-order valence-electron chi connectivity index (χ1n) is 8.75. The van der Waals surface area contributed by atoms with Gasteiger partial charge in [-0.25, -0.2) is 0 Å². The van der Waals surface area contributed by atoms with E-state index in [2.05, 4.69) is 17.9 Å². The van der Waals surface area contributed by atoms with Crippen LogP contribution in [0.4, 0.5) is 5.69 Å². The third-order valence-corrected chi connectivity index (χ3v) is 6.51. The summed E-state index contributed by atoms with van der Waals surface area (Å²) >= 11 is 0. The van der Waals surface area contributed by atoms with Crippen molar-refractivity contribution in [2.45, 2.75) is 44.4 Å². The third-order valence-electron chi connectivity index (χ3n) is 4.90. The number of benzene rings is 1. The average molecular weight is 406 g/mol. The fourth-order valence-corrected chi connectivity index (χ4v) is 4.79. The van der Waals surface area contributed by atoms with E-state index in [-0.39, 0.29) is 16.9 Å². The molecule has 0 saturated carbocycles. The molecule has 1 aromatic carbocycles. The maximum absolute atomic E-state index is 10.9. The molecule has 1 heterocycles. The van der Waals surface area contributed by atoms with Crippen molar-refractivity contribution in [1.29, 1.82) is 0 Å². The largest absolute Gasteiger partial charge is 0.370 e. The predicted molar refractivity (Wildman–Crippen MR) is 102 cm³/mol. The molecular weight excluding hydrogens is 378 g/mol. The molecule has 0 radical (unpaired) electrons. The normalized spacial score (nSPS) is 20.3. The Morgan fingerprint density at radius 2 is 1.54 bits per heavy atom. The van der Waals surface area contributed by atoms with E-state index >= 15 is 0 Å². The third kappa shape index (κ3) is 6.22. The molecule has 0 fully saturated rings. The fraction of sp³-hybridized carbons (Fsp3) is 0.647. The molecule has 0 saturated heterocycles. The topological polar surface area (TPSA) is 112 Å². The fourth-order valence-electron chi connectivity index (χ4n) is 3.65. The van der Waals surface area contributed by atoms with Gasteiger partial charge < -0.3 is 4.90 Å². The molecule has 0 aromatic heterocycles. The zero-order valence-electron chi connectivity index (χ0n) is 15.0. The van der Waals surface area contributed by atoms with E-state index in [0.717, 1.165) is 18.7 Å². The van der Waals surface area contributed by atoms with Crippen molar-refractivity contribution in [3.05, 3.63) is 29.8 Å². The summed E-state index contributed by atoms with van der Waals surface area (Å²) in [6.45, 7) is 3.63. The van der Waals surface area contributed by atoms with Gasteiger partial charge in [0.2, 0.25) is 0 Å². The summed E-state index contributed by atoms with van der Waals surface area (Å²) in [4.78, 5) is 2.22. The van der Waals surface area contributed by atoms with E-state index in [9.17, 15) is 16.8 Å². The molecule has 1 aliphatic rings. The summed E-state index contributed by atoms with van der Waals surface area (Å²) in [6.07, 6.45) is 2.99. The lowest BCUT2D eigenvalue weighted by Gasteiger charge is -2.26. The van der Waals surface area contributed by atoms with Gasteiger partial charge in [-0.05, 0) is 37.3 Å². The van der Waals surface area contributed by atoms with Gasteiger partial charge in [0.1, 0.15) is 0 Å². The Bertz CT molecular complexity index is 821. The highest BCUT2D eigenvalue weighted by atomic mass is 32.2. The molecule has 26 heavy (non-hydrogen) atoms. The number of unbranched alkanes of at least 4 members (excludes halogenated alkanes) is 2. The minimum Gasteiger partial charge on any atom is -0.370 e. The van der Waals surface area contributed by atoms with Gasteiger partial charge in [-0.15, -0.1) is 0 Å². The van der Waals surface area contributed by atoms with Crippen LogP contribution in [0.25, 0.3) is 0 Å². The minimum absolute atomic E-state index is 0.112. The van der Waals surface area contributed by atoms with E-state index < -0.39 is 20.2 Å². The first-order chi connectivity index (χ1) is 12.0. The van der Waals surface area contributed by atoms with Crippen molar-refractivity contribution in [3.8, 4) is 0 Å². The van der Waals surface area contributed by atoms with Crippen molar-refractivity contribution in [2.24, 2.45) is 0 Å². The number of hydrogen-bond acceptors (Lipinski definition) is 5. The summed E-state index contributed by atoms with van der Waals surface area (Å²) in [5.74, 6) is -0.445. The Kier molecular flexibility index (Phi) is 6.70. The second-order valence-electron chi connectivity index (χ2n) is 7.24. The highest BCUT2D eigenvalue weighted by Crippen LogP contribution is 2.43. The van der Waals surface area contributed by atoms with Gasteiger partial charge in [-0.2, -0.15) is 16.8 Å². The smallest absolute Gasteiger partial charge is 0.264 e. The number of para-hydroxylation sites is 1. The van der Waals surface area contributed by atoms with Crippen LogP contribution in [0.15, 0.2) is 24.3 Å². The summed E-state index contributed by atoms with van der Waals surface area (Å²) in [5.41, 5.74) is 2.22. The first-order valence-corrected chi connectivity index (χ1v) is 12.0. The van der Waals surface area contributed by atoms with Crippen molar-refractivity contribution in [3.63, 3.8) is 0 Å². The molecule has 148 valence electrons. The summed E-state index contributed by atoms with van der Waals surface area (Å²) in [5, 5.41) is 0. The quantitative estimate of drug-likeness (QED) is 0.454. The molecule has 0 aliphatic carbocycles. The molecule has 2 rings (SSSR count). The Morgan fingerprint density at radius 1 is 0.962 bits per heavy atom. The van der Waals surface area contributed by atoms with E-state index in [0.29, 0.717) is 32.2 Å². The molecule has 1 aliphatic heterocycles. The van der Waals surface area contributed by atoms with Gasteiger partial charge >= 0.3 is 0 Å². The van der Waals surface area contributed by atoms with Crippen LogP contribution in [0.2, 0.25) is 0 Å². The van der Waals surface area contributed by atoms with Crippen molar-refractivity contribution in [1.82, 2.24) is 0 Å². The summed E-state index contributed by atoms with van der Waals surface area (Å²) in [7, 11) is -7.84. The Morgan fingerprint density at radius 3 is 2.15 bits per heavy atom. The monoisotopic (exact) mass is 405 g/mol. The van der Waals surface area contributed by atoms with Crippen LogP contribution in [0.1, 0.15) is 44.6 Å². The van der Waals surface area contributed by atoms with Gasteiger partial charge in [0.25, 0.3) is 20.2 Å². The molecule has 0 amide bonds. The first kappa shape index (κ1) is 21.1. The molecule has 2 N–H and O–H groups in total. The second-order valence-corrected chi connectivity index (χ2v) is 10.4. The van der Waals surface area contributed by atoms with E-state index in [1.807, 2.05) is 18.2 Å². The predicted octanol–water partition coefficient (Wildman–Crippen LogP) is 2.49. The highest BCUT2D eigenvalue weighted by Gasteiger charge is 2.37. The van der Waals surface area contributed by atoms with Crippen LogP contribution in [-0.4, -0.2) is 50.5 Å². The molecule has 0 bridgehead atoms. The number of anilines is 1. The zero-order chi connectivity index (χ0) is 19.4. The van der Waals surface area contributed by atoms with Crippen molar-refractivity contribution in [2.75, 3.05) is 29.5 Å². The van der Waals surface area contributed by atoms with Crippen LogP contribution >= 0.6 is 0 Å². The number of nitrogens with zero attached hydrogens (tertiary/aromatic N) is 1. The SMILES string of the molecule is CC1(CCCCS(=O)(=O)O)CN(CCCCS(=O)(=O)O)c2ccccc21. The van der Waals surface area contributed by atoms with Crippen LogP contribution in [0.3, 0.4) is 0 Å². The van der Waals surface area contributed by atoms with Crippen LogP contribution < -0.4 is 4.90 Å². The van der Waals surface area contributed by atoms with Crippen LogP contribution in [0, 0.1) is 0 Å². The number of rotatable bonds is 10. The van der Waals surface area contributed by atoms with E-state index in [1.54, 1.807) is 0 Å². The van der Waals surface area contributed by atoms with Crippen molar-refractivity contribution < 1.29 is 25.9 Å². The van der Waals surface area contributed by atoms with Gasteiger partial charge in [0.15, 0.2) is 0 Å². The molecule has 7 nitrogen and oxygen atoms in total. The standard InChI is InChI=1S/C17H27NO6S2/c1-17(10-4-6-12-25(19,20)21)14-18(11-5-7-13-26(22,23)24)16-9-3-2-8-15(16)17/h2-3,8-9H,4-7,10-14H2,1H3,(H,19,20,21)(H,22,23,24). The molecule has 9 heteroatoms. The number of fused-ring (bicyclic) bond motifs is 1. The molecular formula is C17H27NO6S2. The van der Waals surface area contributed by atoms with Crippen LogP contribution in [-0.2, 0) is 25.7 Å². The lowest BCUT2D eigenvalue weighted by molar-refractivity contribution is 0.432. The van der Waals surface area contributed by atoms with Gasteiger partial charge in [0.05, 0.1) is 11.5 Å². The maximum atomic E-state index is 10.9. The lowest BCUT2D eigenvalue weighted by Crippen LogP contribution is -2.32. The molecule has 1 atom stereocenters.